The number of anilines is 9. The Labute approximate surface area is 681 Å². The SMILES string of the molecule is Clc1ccc(-c2ccc(Br)cc2)cc1-c1ccccc1.Clc1ccc(-c2ccc(N(c3ccccc3)c3ccc4oc5ccccc5c4c3)cc2)cc1-c1ccccc1.c1ccc(-c2cc(-c3ccc(N(c4ccccc4)c4ccc5oc6ccccc6c5c4)cc3)ccc2N(c2ccccc2)c2ccc3ccccc3c2)cc1. The molecule has 8 heteroatoms. The second kappa shape index (κ2) is 32.7. The molecule has 0 saturated heterocycles. The maximum absolute atomic E-state index is 6.58. The summed E-state index contributed by atoms with van der Waals surface area (Å²) in [5, 5.41) is 8.41. The summed E-state index contributed by atoms with van der Waals surface area (Å²) in [4.78, 5) is 6.96. The highest BCUT2D eigenvalue weighted by Crippen LogP contribution is 2.47. The van der Waals surface area contributed by atoms with Gasteiger partial charge in [-0.3, -0.25) is 0 Å². The quantitative estimate of drug-likeness (QED) is 0.102. The first-order valence-corrected chi connectivity index (χ1v) is 39.5. The number of halogens is 3. The summed E-state index contributed by atoms with van der Waals surface area (Å²) < 4.78 is 13.3. The van der Waals surface area contributed by atoms with E-state index in [1.807, 2.05) is 91.0 Å². The molecule has 20 rings (SSSR count). The zero-order valence-corrected chi connectivity index (χ0v) is 65.0. The number of hydrogen-bond donors (Lipinski definition) is 0. The van der Waals surface area contributed by atoms with Crippen molar-refractivity contribution in [2.24, 2.45) is 0 Å². The van der Waals surface area contributed by atoms with Crippen molar-refractivity contribution >= 4 is 145 Å². The van der Waals surface area contributed by atoms with Gasteiger partial charge in [-0.2, -0.15) is 0 Å². The van der Waals surface area contributed by atoms with Gasteiger partial charge in [0.2, 0.25) is 0 Å². The summed E-state index contributed by atoms with van der Waals surface area (Å²) in [5.74, 6) is 0. The van der Waals surface area contributed by atoms with Crippen LogP contribution in [-0.2, 0) is 0 Å². The van der Waals surface area contributed by atoms with E-state index in [-0.39, 0.29) is 0 Å². The molecule has 0 radical (unpaired) electrons. The first-order chi connectivity index (χ1) is 56.2. The monoisotopic (exact) mass is 1570 g/mol. The number of fused-ring (bicyclic) bond motifs is 7. The molecule has 0 saturated carbocycles. The molecule has 0 aliphatic heterocycles. The number of benzene rings is 18. The number of rotatable bonds is 15. The van der Waals surface area contributed by atoms with Crippen LogP contribution in [0.4, 0.5) is 51.2 Å². The van der Waals surface area contributed by atoms with Crippen LogP contribution in [0.15, 0.2) is 450 Å². The van der Waals surface area contributed by atoms with Gasteiger partial charge in [-0.15, -0.1) is 0 Å². The van der Waals surface area contributed by atoms with Gasteiger partial charge < -0.3 is 23.5 Å². The van der Waals surface area contributed by atoms with Crippen molar-refractivity contribution in [1.29, 1.82) is 0 Å². The van der Waals surface area contributed by atoms with E-state index in [1.54, 1.807) is 0 Å². The first kappa shape index (κ1) is 71.9. The molecule has 0 fully saturated rings. The van der Waals surface area contributed by atoms with Crippen molar-refractivity contribution in [1.82, 2.24) is 0 Å². The van der Waals surface area contributed by atoms with Crippen molar-refractivity contribution in [3.63, 3.8) is 0 Å². The topological polar surface area (TPSA) is 36.0 Å². The Bertz CT molecular complexity index is 6750. The molecule has 544 valence electrons. The highest BCUT2D eigenvalue weighted by atomic mass is 79.9. The van der Waals surface area contributed by atoms with Crippen LogP contribution < -0.4 is 14.7 Å². The largest absolute Gasteiger partial charge is 0.456 e. The van der Waals surface area contributed by atoms with Crippen LogP contribution in [0.25, 0.3) is 121 Å². The molecule has 114 heavy (non-hydrogen) atoms. The predicted octanol–water partition coefficient (Wildman–Crippen LogP) is 32.5. The summed E-state index contributed by atoms with van der Waals surface area (Å²) in [5.41, 5.74) is 27.0. The second-order valence-corrected chi connectivity index (χ2v) is 29.7. The highest BCUT2D eigenvalue weighted by molar-refractivity contribution is 9.10. The van der Waals surface area contributed by atoms with E-state index in [0.717, 1.165) is 165 Å². The molecular formula is C106H72BrCl2N3O2. The van der Waals surface area contributed by atoms with Crippen molar-refractivity contribution in [3.8, 4) is 66.8 Å². The molecule has 0 unspecified atom stereocenters. The third kappa shape index (κ3) is 15.2. The minimum absolute atomic E-state index is 0.749. The molecule has 5 nitrogen and oxygen atoms in total. The lowest BCUT2D eigenvalue weighted by Gasteiger charge is -2.29. The highest BCUT2D eigenvalue weighted by Gasteiger charge is 2.22. The van der Waals surface area contributed by atoms with Crippen molar-refractivity contribution < 1.29 is 8.83 Å². The van der Waals surface area contributed by atoms with Crippen LogP contribution in [0.1, 0.15) is 0 Å². The summed E-state index contributed by atoms with van der Waals surface area (Å²) in [6.45, 7) is 0. The van der Waals surface area contributed by atoms with Crippen LogP contribution >= 0.6 is 39.1 Å². The molecule has 0 amide bonds. The summed E-state index contributed by atoms with van der Waals surface area (Å²) in [7, 11) is 0. The van der Waals surface area contributed by atoms with E-state index in [0.29, 0.717) is 0 Å². The van der Waals surface area contributed by atoms with Crippen LogP contribution in [-0.4, -0.2) is 0 Å². The Morgan fingerprint density at radius 2 is 0.500 bits per heavy atom. The lowest BCUT2D eigenvalue weighted by Crippen LogP contribution is -2.11. The van der Waals surface area contributed by atoms with Crippen molar-refractivity contribution in [3.05, 3.63) is 451 Å². The Morgan fingerprint density at radius 1 is 0.193 bits per heavy atom. The second-order valence-electron chi connectivity index (χ2n) is 27.9. The molecular weight excluding hydrogens is 1500 g/mol. The molecule has 2 aromatic heterocycles. The van der Waals surface area contributed by atoms with Crippen molar-refractivity contribution in [2.75, 3.05) is 14.7 Å². The van der Waals surface area contributed by atoms with E-state index in [1.165, 1.54) is 21.9 Å². The summed E-state index contributed by atoms with van der Waals surface area (Å²) in [6.07, 6.45) is 0. The van der Waals surface area contributed by atoms with Crippen LogP contribution in [0.2, 0.25) is 10.0 Å². The summed E-state index contributed by atoms with van der Waals surface area (Å²) >= 11 is 16.4. The van der Waals surface area contributed by atoms with E-state index < -0.39 is 0 Å². The Hall–Kier alpha value is -13.7. The van der Waals surface area contributed by atoms with Crippen LogP contribution in [0.3, 0.4) is 0 Å². The first-order valence-electron chi connectivity index (χ1n) is 38.0. The fraction of sp³-hybridized carbons (Fsp3) is 0. The normalized spacial score (nSPS) is 11.1. The zero-order valence-electron chi connectivity index (χ0n) is 61.9. The number of nitrogens with zero attached hydrogens (tertiary/aromatic N) is 3. The third-order valence-electron chi connectivity index (χ3n) is 20.8. The average molecular weight is 1570 g/mol. The van der Waals surface area contributed by atoms with Gasteiger partial charge >= 0.3 is 0 Å². The minimum atomic E-state index is 0.749. The minimum Gasteiger partial charge on any atom is -0.456 e. The number of hydrogen-bond acceptors (Lipinski definition) is 5. The van der Waals surface area contributed by atoms with Crippen LogP contribution in [0, 0.1) is 0 Å². The molecule has 0 atom stereocenters. The molecule has 0 bridgehead atoms. The maximum atomic E-state index is 6.58. The zero-order chi connectivity index (χ0) is 76.7. The van der Waals surface area contributed by atoms with E-state index >= 15 is 0 Å². The summed E-state index contributed by atoms with van der Waals surface area (Å²) in [6, 6.07) is 153. The smallest absolute Gasteiger partial charge is 0.135 e. The molecule has 0 spiro atoms. The predicted molar refractivity (Wildman–Crippen MR) is 486 cm³/mol. The van der Waals surface area contributed by atoms with Crippen LogP contribution in [0.5, 0.6) is 0 Å². The van der Waals surface area contributed by atoms with E-state index in [2.05, 4.69) is 376 Å². The molecule has 0 N–H and O–H groups in total. The fourth-order valence-electron chi connectivity index (χ4n) is 15.2. The third-order valence-corrected chi connectivity index (χ3v) is 22.0. The van der Waals surface area contributed by atoms with Gasteiger partial charge in [-0.05, 0) is 231 Å². The Kier molecular flexibility index (Phi) is 20.6. The fourth-order valence-corrected chi connectivity index (χ4v) is 15.9. The number of furan rings is 2. The van der Waals surface area contributed by atoms with Gasteiger partial charge in [0.15, 0.2) is 0 Å². The molecule has 0 aliphatic rings. The van der Waals surface area contributed by atoms with Gasteiger partial charge in [0.25, 0.3) is 0 Å². The molecule has 18 aromatic carbocycles. The number of para-hydroxylation sites is 5. The van der Waals surface area contributed by atoms with Gasteiger partial charge in [-0.1, -0.05) is 306 Å². The van der Waals surface area contributed by atoms with E-state index in [9.17, 15) is 0 Å². The standard InChI is InChI=1S/C52H36N2O.C36H24ClNO.C18H12BrCl/c1-4-15-39(16-5-1)48-35-41(27-32-50(48)54(43-20-8-3-9-21-43)45-30-26-37-14-10-11-17-40(37)34-45)38-24-28-44(29-25-38)53(42-18-6-2-7-19-42)46-31-33-52-49(36-46)47-22-12-13-23-51(47)55-52;37-34-21-17-27(23-32(34)26-9-3-1-4-10-26)25-15-18-29(19-16-25)38(28-11-5-2-6-12-28)30-20-22-36-33(24-30)31-13-7-8-14-35(31)39-36;19-16-9-6-13(7-10-16)15-8-11-18(20)17(12-15)14-4-2-1-3-5-14/h1-36H;1-24H;1-12H. The lowest BCUT2D eigenvalue weighted by molar-refractivity contribution is 0.668. The molecule has 20 aromatic rings. The van der Waals surface area contributed by atoms with Gasteiger partial charge in [0, 0.05) is 98.3 Å². The van der Waals surface area contributed by atoms with Crippen molar-refractivity contribution in [2.45, 2.75) is 0 Å². The molecule has 2 heterocycles. The van der Waals surface area contributed by atoms with Gasteiger partial charge in [-0.25, -0.2) is 0 Å². The lowest BCUT2D eigenvalue weighted by atomic mass is 9.96. The average Bonchev–Trinajstić information content (AvgIpc) is 1.15. The van der Waals surface area contributed by atoms with E-state index in [4.69, 9.17) is 32.0 Å². The van der Waals surface area contributed by atoms with Gasteiger partial charge in [0.05, 0.1) is 5.69 Å². The maximum Gasteiger partial charge on any atom is 0.135 e. The Morgan fingerprint density at radius 3 is 0.947 bits per heavy atom. The Balaban J connectivity index is 0.000000132. The molecule has 0 aliphatic carbocycles. The van der Waals surface area contributed by atoms with Gasteiger partial charge in [0.1, 0.15) is 22.3 Å².